The van der Waals surface area contributed by atoms with Gasteiger partial charge in [-0.25, -0.2) is 4.98 Å². The highest BCUT2D eigenvalue weighted by Crippen LogP contribution is 2.13. The first-order chi connectivity index (χ1) is 7.22. The number of halogens is 1. The second kappa shape index (κ2) is 3.78. The minimum absolute atomic E-state index is 0.166. The second-order valence-corrected chi connectivity index (χ2v) is 3.18. The Kier molecular flexibility index (Phi) is 2.47. The summed E-state index contributed by atoms with van der Waals surface area (Å²) in [7, 11) is 0. The van der Waals surface area contributed by atoms with Gasteiger partial charge in [0.1, 0.15) is 0 Å². The Labute approximate surface area is 91.1 Å². The second-order valence-electron chi connectivity index (χ2n) is 2.84. The number of hydrogen-bond acceptors (Lipinski definition) is 4. The van der Waals surface area contributed by atoms with Gasteiger partial charge in [0, 0.05) is 0 Å². The molecule has 15 heavy (non-hydrogen) atoms. The van der Waals surface area contributed by atoms with Crippen molar-refractivity contribution in [2.75, 3.05) is 0 Å². The summed E-state index contributed by atoms with van der Waals surface area (Å²) in [4.78, 5) is 7.85. The molecule has 0 aliphatic rings. The summed E-state index contributed by atoms with van der Waals surface area (Å²) < 4.78 is 1.52. The van der Waals surface area contributed by atoms with Crippen molar-refractivity contribution in [3.63, 3.8) is 0 Å². The fourth-order valence-corrected chi connectivity index (χ4v) is 1.29. The molecule has 0 amide bonds. The van der Waals surface area contributed by atoms with Crippen LogP contribution in [-0.4, -0.2) is 25.0 Å². The molecule has 0 saturated carbocycles. The molecule has 0 N–H and O–H groups in total. The van der Waals surface area contributed by atoms with E-state index in [1.165, 1.54) is 10.9 Å². The predicted molar refractivity (Wildman–Crippen MR) is 58.3 cm³/mol. The molecule has 0 aliphatic heterocycles. The van der Waals surface area contributed by atoms with E-state index in [0.717, 1.165) is 0 Å². The average Bonchev–Trinajstić information content (AvgIpc) is 2.60. The minimum Gasteiger partial charge on any atom is -0.224 e. The summed E-state index contributed by atoms with van der Waals surface area (Å²) in [5, 5.41) is 7.97. The van der Waals surface area contributed by atoms with Gasteiger partial charge in [-0.2, -0.15) is 9.67 Å². The van der Waals surface area contributed by atoms with Gasteiger partial charge in [0.05, 0.1) is 11.9 Å². The lowest BCUT2D eigenvalue weighted by molar-refractivity contribution is 0.839. The van der Waals surface area contributed by atoms with E-state index in [9.17, 15) is 0 Å². The van der Waals surface area contributed by atoms with Crippen LogP contribution in [0.15, 0.2) is 24.9 Å². The maximum Gasteiger partial charge on any atom is 0.224 e. The first-order valence-corrected chi connectivity index (χ1v) is 4.66. The van der Waals surface area contributed by atoms with Crippen molar-refractivity contribution >= 4 is 28.5 Å². The van der Waals surface area contributed by atoms with Crippen LogP contribution in [0, 0.1) is 0 Å². The normalized spacial score (nSPS) is 11.3. The summed E-state index contributed by atoms with van der Waals surface area (Å²) >= 11 is 5.69. The molecule has 0 radical (unpaired) electrons. The molecule has 0 aromatic carbocycles. The molecule has 6 heteroatoms. The zero-order valence-corrected chi connectivity index (χ0v) is 8.81. The van der Waals surface area contributed by atoms with Crippen LogP contribution in [0.5, 0.6) is 0 Å². The van der Waals surface area contributed by atoms with Gasteiger partial charge in [-0.15, -0.1) is 5.10 Å². The van der Waals surface area contributed by atoms with E-state index in [-0.39, 0.29) is 5.28 Å². The van der Waals surface area contributed by atoms with Crippen molar-refractivity contribution in [3.05, 3.63) is 30.2 Å². The maximum atomic E-state index is 5.69. The SMILES string of the molecule is C=C(C=CC)n1nnc2cnc(Cl)nc21. The zero-order chi connectivity index (χ0) is 10.8. The summed E-state index contributed by atoms with van der Waals surface area (Å²) in [5.74, 6) is 0. The number of aromatic nitrogens is 5. The van der Waals surface area contributed by atoms with Crippen LogP contribution in [0.3, 0.4) is 0 Å². The van der Waals surface area contributed by atoms with E-state index in [0.29, 0.717) is 16.9 Å². The van der Waals surface area contributed by atoms with Crippen LogP contribution in [0.25, 0.3) is 16.9 Å². The van der Waals surface area contributed by atoms with Gasteiger partial charge in [-0.1, -0.05) is 17.9 Å². The Bertz CT molecular complexity index is 542. The average molecular weight is 222 g/mol. The Balaban J connectivity index is 2.61. The van der Waals surface area contributed by atoms with Crippen molar-refractivity contribution in [1.29, 1.82) is 0 Å². The molecule has 0 spiro atoms. The Morgan fingerprint density at radius 2 is 2.40 bits per heavy atom. The third-order valence-electron chi connectivity index (χ3n) is 1.79. The van der Waals surface area contributed by atoms with Gasteiger partial charge < -0.3 is 0 Å². The molecule has 0 atom stereocenters. The lowest BCUT2D eigenvalue weighted by Crippen LogP contribution is -1.97. The standard InChI is InChI=1S/C9H8ClN5/c1-3-4-6(2)15-8-7(13-14-15)5-11-9(10)12-8/h3-5H,2H2,1H3. The highest BCUT2D eigenvalue weighted by molar-refractivity contribution is 6.28. The quantitative estimate of drug-likeness (QED) is 0.574. The fourth-order valence-electron chi connectivity index (χ4n) is 1.16. The molecule has 2 heterocycles. The monoisotopic (exact) mass is 221 g/mol. The molecule has 0 aliphatic carbocycles. The number of allylic oxidation sites excluding steroid dienone is 3. The Morgan fingerprint density at radius 3 is 3.13 bits per heavy atom. The molecule has 0 saturated heterocycles. The molecule has 76 valence electrons. The van der Waals surface area contributed by atoms with E-state index in [4.69, 9.17) is 11.6 Å². The van der Waals surface area contributed by atoms with Crippen LogP contribution in [0.2, 0.25) is 5.28 Å². The van der Waals surface area contributed by atoms with Crippen LogP contribution >= 0.6 is 11.6 Å². The van der Waals surface area contributed by atoms with E-state index < -0.39 is 0 Å². The van der Waals surface area contributed by atoms with Gasteiger partial charge in [-0.05, 0) is 24.6 Å². The van der Waals surface area contributed by atoms with Crippen LogP contribution in [-0.2, 0) is 0 Å². The van der Waals surface area contributed by atoms with Crippen molar-refractivity contribution in [2.45, 2.75) is 6.92 Å². The van der Waals surface area contributed by atoms with Gasteiger partial charge >= 0.3 is 0 Å². The summed E-state index contributed by atoms with van der Waals surface area (Å²) in [5.41, 5.74) is 1.82. The molecule has 5 nitrogen and oxygen atoms in total. The number of nitrogens with zero attached hydrogens (tertiary/aromatic N) is 5. The predicted octanol–water partition coefficient (Wildman–Crippen LogP) is 1.92. The van der Waals surface area contributed by atoms with Crippen molar-refractivity contribution < 1.29 is 0 Å². The van der Waals surface area contributed by atoms with Crippen LogP contribution in [0.1, 0.15) is 6.92 Å². The molecule has 2 aromatic heterocycles. The van der Waals surface area contributed by atoms with Gasteiger partial charge in [0.15, 0.2) is 11.2 Å². The number of hydrogen-bond donors (Lipinski definition) is 0. The van der Waals surface area contributed by atoms with Crippen molar-refractivity contribution in [3.8, 4) is 0 Å². The lowest BCUT2D eigenvalue weighted by Gasteiger charge is -1.98. The Hall–Kier alpha value is -1.75. The molecule has 0 fully saturated rings. The third kappa shape index (κ3) is 1.73. The number of fused-ring (bicyclic) bond motifs is 1. The highest BCUT2D eigenvalue weighted by atomic mass is 35.5. The van der Waals surface area contributed by atoms with Gasteiger partial charge in [0.25, 0.3) is 0 Å². The Morgan fingerprint density at radius 1 is 1.60 bits per heavy atom. The highest BCUT2D eigenvalue weighted by Gasteiger charge is 2.07. The van der Waals surface area contributed by atoms with Crippen molar-refractivity contribution in [1.82, 2.24) is 25.0 Å². The van der Waals surface area contributed by atoms with Gasteiger partial charge in [-0.3, -0.25) is 0 Å². The van der Waals surface area contributed by atoms with Crippen LogP contribution < -0.4 is 0 Å². The van der Waals surface area contributed by atoms with Crippen molar-refractivity contribution in [2.24, 2.45) is 0 Å². The first kappa shape index (κ1) is 9.79. The first-order valence-electron chi connectivity index (χ1n) is 4.28. The van der Waals surface area contributed by atoms with E-state index in [2.05, 4.69) is 26.9 Å². The largest absolute Gasteiger partial charge is 0.224 e. The molecule has 2 rings (SSSR count). The summed E-state index contributed by atoms with van der Waals surface area (Å²) in [6.45, 7) is 5.73. The lowest BCUT2D eigenvalue weighted by atomic mass is 10.4. The molecular formula is C9H8ClN5. The summed E-state index contributed by atoms with van der Waals surface area (Å²) in [6.07, 6.45) is 5.19. The smallest absolute Gasteiger partial charge is 0.224 e. The number of rotatable bonds is 2. The summed E-state index contributed by atoms with van der Waals surface area (Å²) in [6, 6.07) is 0. The minimum atomic E-state index is 0.166. The zero-order valence-electron chi connectivity index (χ0n) is 8.05. The third-order valence-corrected chi connectivity index (χ3v) is 1.98. The maximum absolute atomic E-state index is 5.69. The molecule has 0 unspecified atom stereocenters. The van der Waals surface area contributed by atoms with Crippen LogP contribution in [0.4, 0.5) is 0 Å². The molecule has 0 bridgehead atoms. The molecular weight excluding hydrogens is 214 g/mol. The fraction of sp³-hybridized carbons (Fsp3) is 0.111. The van der Waals surface area contributed by atoms with Gasteiger partial charge in [0.2, 0.25) is 5.28 Å². The molecule has 2 aromatic rings. The topological polar surface area (TPSA) is 56.5 Å². The van der Waals surface area contributed by atoms with E-state index in [1.54, 1.807) is 0 Å². The van der Waals surface area contributed by atoms with E-state index >= 15 is 0 Å². The van der Waals surface area contributed by atoms with E-state index in [1.807, 2.05) is 19.1 Å².